The van der Waals surface area contributed by atoms with Crippen LogP contribution in [0.15, 0.2) is 12.1 Å². The van der Waals surface area contributed by atoms with Crippen LogP contribution in [-0.2, 0) is 11.2 Å². The Morgan fingerprint density at radius 3 is 2.85 bits per heavy atom. The summed E-state index contributed by atoms with van der Waals surface area (Å²) in [5.41, 5.74) is 1.73. The van der Waals surface area contributed by atoms with Crippen molar-refractivity contribution in [3.05, 3.63) is 28.5 Å². The Hall–Kier alpha value is -0.670. The van der Waals surface area contributed by atoms with Gasteiger partial charge in [0.2, 0.25) is 5.05 Å². The molecule has 0 spiro atoms. The summed E-state index contributed by atoms with van der Waals surface area (Å²) in [4.78, 5) is 4.11. The molecule has 0 N–H and O–H groups in total. The monoisotopic (exact) mass is 215 g/mol. The first kappa shape index (κ1) is 10.4. The van der Waals surface area contributed by atoms with Crippen LogP contribution in [0, 0.1) is 0 Å². The molecule has 0 radical (unpaired) electrons. The number of pyridine rings is 1. The van der Waals surface area contributed by atoms with Crippen LogP contribution < -0.4 is 0 Å². The Labute approximate surface area is 87.9 Å². The van der Waals surface area contributed by atoms with Crippen LogP contribution in [0.2, 0.25) is 5.15 Å². The van der Waals surface area contributed by atoms with E-state index in [1.807, 2.05) is 13.0 Å². The maximum absolute atomic E-state index is 5.75. The van der Waals surface area contributed by atoms with Gasteiger partial charge in [-0.2, -0.15) is 0 Å². The van der Waals surface area contributed by atoms with Gasteiger partial charge in [0.05, 0.1) is 7.11 Å². The van der Waals surface area contributed by atoms with E-state index in [0.717, 1.165) is 12.0 Å². The van der Waals surface area contributed by atoms with Crippen molar-refractivity contribution < 1.29 is 4.74 Å². The van der Waals surface area contributed by atoms with Crippen LogP contribution in [0.5, 0.6) is 0 Å². The van der Waals surface area contributed by atoms with Crippen molar-refractivity contribution in [2.45, 2.75) is 13.3 Å². The average molecular weight is 216 g/mol. The third kappa shape index (κ3) is 2.39. The third-order valence-corrected chi connectivity index (χ3v) is 2.27. The van der Waals surface area contributed by atoms with Crippen molar-refractivity contribution in [3.8, 4) is 0 Å². The molecule has 70 valence electrons. The number of halogens is 1. The number of aromatic nitrogens is 1. The van der Waals surface area contributed by atoms with E-state index in [2.05, 4.69) is 4.98 Å². The van der Waals surface area contributed by atoms with Crippen LogP contribution in [-0.4, -0.2) is 17.1 Å². The molecule has 1 rings (SSSR count). The summed E-state index contributed by atoms with van der Waals surface area (Å²) < 4.78 is 4.94. The van der Waals surface area contributed by atoms with E-state index in [1.165, 1.54) is 7.11 Å². The van der Waals surface area contributed by atoms with Gasteiger partial charge in [-0.1, -0.05) is 24.6 Å². The molecule has 1 aromatic rings. The highest BCUT2D eigenvalue weighted by molar-refractivity contribution is 7.80. The zero-order valence-electron chi connectivity index (χ0n) is 7.50. The lowest BCUT2D eigenvalue weighted by Gasteiger charge is -2.06. The molecule has 0 aromatic carbocycles. The molecule has 0 fully saturated rings. The molecule has 1 aromatic heterocycles. The normalized spacial score (nSPS) is 9.77. The number of thiocarbonyl (C=S) groups is 1. The summed E-state index contributed by atoms with van der Waals surface area (Å²) in [5, 5.41) is 0.825. The Kier molecular flexibility index (Phi) is 3.63. The minimum absolute atomic E-state index is 0.388. The standard InChI is InChI=1S/C9H10ClNOS/c1-3-6-4-5-7(10)11-8(6)9(13)12-2/h4-5H,3H2,1-2H3. The van der Waals surface area contributed by atoms with Gasteiger partial charge >= 0.3 is 0 Å². The zero-order chi connectivity index (χ0) is 9.84. The predicted octanol–water partition coefficient (Wildman–Crippen LogP) is 2.62. The van der Waals surface area contributed by atoms with Crippen LogP contribution >= 0.6 is 23.8 Å². The van der Waals surface area contributed by atoms with E-state index < -0.39 is 0 Å². The van der Waals surface area contributed by atoms with Gasteiger partial charge in [0.25, 0.3) is 0 Å². The number of rotatable bonds is 2. The Morgan fingerprint density at radius 1 is 1.62 bits per heavy atom. The lowest BCUT2D eigenvalue weighted by molar-refractivity contribution is 0.414. The van der Waals surface area contributed by atoms with E-state index in [-0.39, 0.29) is 0 Å². The third-order valence-electron chi connectivity index (χ3n) is 1.70. The molecule has 0 aliphatic rings. The van der Waals surface area contributed by atoms with Gasteiger partial charge in [0, 0.05) is 0 Å². The number of aryl methyl sites for hydroxylation is 1. The van der Waals surface area contributed by atoms with Crippen molar-refractivity contribution >= 4 is 28.9 Å². The summed E-state index contributed by atoms with van der Waals surface area (Å²) in [6.45, 7) is 2.03. The van der Waals surface area contributed by atoms with Crippen LogP contribution in [0.25, 0.3) is 0 Å². The van der Waals surface area contributed by atoms with Gasteiger partial charge in [0.1, 0.15) is 10.8 Å². The van der Waals surface area contributed by atoms with E-state index in [9.17, 15) is 0 Å². The topological polar surface area (TPSA) is 22.1 Å². The minimum atomic E-state index is 0.388. The van der Waals surface area contributed by atoms with E-state index in [0.29, 0.717) is 15.9 Å². The summed E-state index contributed by atoms with van der Waals surface area (Å²) >= 11 is 10.7. The second kappa shape index (κ2) is 4.53. The van der Waals surface area contributed by atoms with Crippen molar-refractivity contribution in [2.75, 3.05) is 7.11 Å². The Balaban J connectivity index is 3.15. The number of hydrogen-bond donors (Lipinski definition) is 0. The molecule has 0 saturated heterocycles. The first-order valence-electron chi connectivity index (χ1n) is 3.92. The quantitative estimate of drug-likeness (QED) is 0.559. The van der Waals surface area contributed by atoms with Gasteiger partial charge in [-0.3, -0.25) is 0 Å². The fraction of sp³-hybridized carbons (Fsp3) is 0.333. The molecule has 2 nitrogen and oxygen atoms in total. The number of ether oxygens (including phenoxy) is 1. The molecule has 13 heavy (non-hydrogen) atoms. The highest BCUT2D eigenvalue weighted by Gasteiger charge is 2.08. The molecule has 0 amide bonds. The predicted molar refractivity (Wildman–Crippen MR) is 57.3 cm³/mol. The molecule has 0 unspecified atom stereocenters. The fourth-order valence-electron chi connectivity index (χ4n) is 1.02. The van der Waals surface area contributed by atoms with Crippen molar-refractivity contribution in [1.82, 2.24) is 4.98 Å². The molecule has 0 bridgehead atoms. The molecular weight excluding hydrogens is 206 g/mol. The first-order valence-corrected chi connectivity index (χ1v) is 4.71. The maximum atomic E-state index is 5.75. The van der Waals surface area contributed by atoms with Crippen LogP contribution in [0.3, 0.4) is 0 Å². The van der Waals surface area contributed by atoms with Gasteiger partial charge < -0.3 is 4.74 Å². The molecule has 4 heteroatoms. The largest absolute Gasteiger partial charge is 0.485 e. The van der Waals surface area contributed by atoms with Gasteiger partial charge in [-0.05, 0) is 30.3 Å². The SMILES string of the molecule is CCc1ccc(Cl)nc1C(=S)OC. The summed E-state index contributed by atoms with van der Waals surface area (Å²) in [5.74, 6) is 0. The van der Waals surface area contributed by atoms with E-state index in [1.54, 1.807) is 6.07 Å². The van der Waals surface area contributed by atoms with Gasteiger partial charge in [-0.25, -0.2) is 4.98 Å². The molecular formula is C9H10ClNOS. The second-order valence-electron chi connectivity index (χ2n) is 2.49. The maximum Gasteiger partial charge on any atom is 0.210 e. The van der Waals surface area contributed by atoms with Crippen molar-refractivity contribution in [3.63, 3.8) is 0 Å². The summed E-state index contributed by atoms with van der Waals surface area (Å²) in [6, 6.07) is 3.66. The number of methoxy groups -OCH3 is 1. The molecule has 0 saturated carbocycles. The molecule has 1 heterocycles. The van der Waals surface area contributed by atoms with E-state index >= 15 is 0 Å². The summed E-state index contributed by atoms with van der Waals surface area (Å²) in [6.07, 6.45) is 0.864. The van der Waals surface area contributed by atoms with Crippen LogP contribution in [0.4, 0.5) is 0 Å². The molecule has 0 atom stereocenters. The van der Waals surface area contributed by atoms with Crippen molar-refractivity contribution in [1.29, 1.82) is 0 Å². The lowest BCUT2D eigenvalue weighted by Crippen LogP contribution is -2.06. The van der Waals surface area contributed by atoms with Gasteiger partial charge in [-0.15, -0.1) is 0 Å². The lowest BCUT2D eigenvalue weighted by atomic mass is 10.1. The number of hydrogen-bond acceptors (Lipinski definition) is 3. The first-order chi connectivity index (χ1) is 6.19. The molecule has 0 aliphatic heterocycles. The fourth-order valence-corrected chi connectivity index (χ4v) is 1.35. The van der Waals surface area contributed by atoms with Gasteiger partial charge in [0.15, 0.2) is 0 Å². The minimum Gasteiger partial charge on any atom is -0.485 e. The highest BCUT2D eigenvalue weighted by atomic mass is 35.5. The Morgan fingerprint density at radius 2 is 2.31 bits per heavy atom. The number of nitrogens with zero attached hydrogens (tertiary/aromatic N) is 1. The Bertz CT molecular complexity index is 327. The summed E-state index contributed by atoms with van der Waals surface area (Å²) in [7, 11) is 1.53. The van der Waals surface area contributed by atoms with E-state index in [4.69, 9.17) is 28.6 Å². The second-order valence-corrected chi connectivity index (χ2v) is 3.24. The zero-order valence-corrected chi connectivity index (χ0v) is 9.08. The highest BCUT2D eigenvalue weighted by Crippen LogP contribution is 2.13. The average Bonchev–Trinajstić information content (AvgIpc) is 2.16. The molecule has 0 aliphatic carbocycles. The van der Waals surface area contributed by atoms with Crippen LogP contribution in [0.1, 0.15) is 18.2 Å². The van der Waals surface area contributed by atoms with Crippen molar-refractivity contribution in [2.24, 2.45) is 0 Å². The smallest absolute Gasteiger partial charge is 0.210 e.